The Balaban J connectivity index is 1.70. The van der Waals surface area contributed by atoms with Crippen molar-refractivity contribution in [1.82, 2.24) is 5.32 Å². The van der Waals surface area contributed by atoms with E-state index in [4.69, 9.17) is 4.74 Å². The molecular formula is C26H18BrN3O4. The Labute approximate surface area is 204 Å². The largest absolute Gasteiger partial charge is 0.488 e. The van der Waals surface area contributed by atoms with Crippen LogP contribution in [0.4, 0.5) is 10.5 Å². The Morgan fingerprint density at radius 2 is 1.79 bits per heavy atom. The van der Waals surface area contributed by atoms with E-state index >= 15 is 0 Å². The summed E-state index contributed by atoms with van der Waals surface area (Å²) >= 11 is 3.40. The third-order valence-electron chi connectivity index (χ3n) is 5.25. The van der Waals surface area contributed by atoms with Gasteiger partial charge in [-0.25, -0.2) is 9.69 Å². The summed E-state index contributed by atoms with van der Waals surface area (Å²) in [6, 6.07) is 20.5. The number of hydrogen-bond donors (Lipinski definition) is 1. The highest BCUT2D eigenvalue weighted by atomic mass is 79.9. The number of nitrogens with zero attached hydrogens (tertiary/aromatic N) is 2. The van der Waals surface area contributed by atoms with Crippen LogP contribution in [0.2, 0.25) is 0 Å². The first-order valence-electron chi connectivity index (χ1n) is 10.3. The monoisotopic (exact) mass is 515 g/mol. The summed E-state index contributed by atoms with van der Waals surface area (Å²) in [5, 5.41) is 11.5. The number of carbonyl (C=O) groups is 3. The van der Waals surface area contributed by atoms with Gasteiger partial charge in [0.1, 0.15) is 17.9 Å². The van der Waals surface area contributed by atoms with Crippen LogP contribution in [0.3, 0.4) is 0 Å². The highest BCUT2D eigenvalue weighted by molar-refractivity contribution is 9.10. The maximum atomic E-state index is 13.2. The Morgan fingerprint density at radius 1 is 1.06 bits per heavy atom. The predicted molar refractivity (Wildman–Crippen MR) is 130 cm³/mol. The molecule has 0 spiro atoms. The minimum Gasteiger partial charge on any atom is -0.488 e. The molecule has 0 radical (unpaired) electrons. The average Bonchev–Trinajstić information content (AvgIpc) is 2.82. The zero-order valence-electron chi connectivity index (χ0n) is 18.0. The fourth-order valence-corrected chi connectivity index (χ4v) is 3.90. The fourth-order valence-electron chi connectivity index (χ4n) is 3.52. The molecule has 4 rings (SSSR count). The van der Waals surface area contributed by atoms with Crippen molar-refractivity contribution in [1.29, 1.82) is 5.26 Å². The lowest BCUT2D eigenvalue weighted by atomic mass is 10.0. The van der Waals surface area contributed by atoms with Crippen molar-refractivity contribution >= 4 is 45.5 Å². The van der Waals surface area contributed by atoms with Crippen molar-refractivity contribution in [2.45, 2.75) is 13.5 Å². The quantitative estimate of drug-likeness (QED) is 0.385. The van der Waals surface area contributed by atoms with E-state index in [2.05, 4.69) is 27.3 Å². The van der Waals surface area contributed by atoms with Crippen molar-refractivity contribution in [3.8, 4) is 11.8 Å². The van der Waals surface area contributed by atoms with Gasteiger partial charge in [0.15, 0.2) is 0 Å². The molecule has 1 N–H and O–H groups in total. The number of rotatable bonds is 5. The number of hydrogen-bond acceptors (Lipinski definition) is 5. The summed E-state index contributed by atoms with van der Waals surface area (Å²) in [5.41, 5.74) is 2.55. The molecule has 1 fully saturated rings. The highest BCUT2D eigenvalue weighted by Gasteiger charge is 2.37. The second-order valence-electron chi connectivity index (χ2n) is 7.48. The van der Waals surface area contributed by atoms with Crippen LogP contribution in [0.25, 0.3) is 6.08 Å². The third kappa shape index (κ3) is 4.60. The van der Waals surface area contributed by atoms with Crippen molar-refractivity contribution in [2.75, 3.05) is 4.90 Å². The van der Waals surface area contributed by atoms with E-state index in [0.29, 0.717) is 38.2 Å². The second kappa shape index (κ2) is 9.73. The molecule has 1 aliphatic heterocycles. The minimum atomic E-state index is -0.805. The van der Waals surface area contributed by atoms with Gasteiger partial charge in [0.05, 0.1) is 17.3 Å². The summed E-state index contributed by atoms with van der Waals surface area (Å²) in [4.78, 5) is 39.3. The van der Waals surface area contributed by atoms with E-state index in [1.807, 2.05) is 6.07 Å². The van der Waals surface area contributed by atoms with Gasteiger partial charge < -0.3 is 4.74 Å². The number of imide groups is 2. The van der Waals surface area contributed by atoms with Crippen LogP contribution in [0.15, 0.2) is 76.8 Å². The molecule has 1 aliphatic rings. The highest BCUT2D eigenvalue weighted by Crippen LogP contribution is 2.29. The third-order valence-corrected chi connectivity index (χ3v) is 5.74. The molecule has 0 aromatic heterocycles. The molecule has 3 aromatic rings. The molecule has 0 bridgehead atoms. The SMILES string of the molecule is Cc1ccccc1N1C(=O)NC(=O)/C(=C\c2cc(Br)ccc2OCc2ccccc2C#N)C1=O. The van der Waals surface area contributed by atoms with Gasteiger partial charge in [-0.05, 0) is 48.9 Å². The lowest BCUT2D eigenvalue weighted by Crippen LogP contribution is -2.54. The lowest BCUT2D eigenvalue weighted by Gasteiger charge is -2.27. The molecule has 0 saturated carbocycles. The number of benzene rings is 3. The van der Waals surface area contributed by atoms with Gasteiger partial charge in [0.2, 0.25) is 0 Å². The number of urea groups is 1. The summed E-state index contributed by atoms with van der Waals surface area (Å²) < 4.78 is 6.65. The summed E-state index contributed by atoms with van der Waals surface area (Å²) in [6.45, 7) is 1.89. The normalized spacial score (nSPS) is 14.7. The van der Waals surface area contributed by atoms with Gasteiger partial charge in [-0.3, -0.25) is 14.9 Å². The maximum Gasteiger partial charge on any atom is 0.335 e. The fraction of sp³-hybridized carbons (Fsp3) is 0.0769. The summed E-state index contributed by atoms with van der Waals surface area (Å²) in [5.74, 6) is -1.12. The van der Waals surface area contributed by atoms with Crippen LogP contribution in [0.5, 0.6) is 5.75 Å². The topological polar surface area (TPSA) is 99.5 Å². The molecule has 1 heterocycles. The number of ether oxygens (including phenoxy) is 1. The van der Waals surface area contributed by atoms with Gasteiger partial charge >= 0.3 is 6.03 Å². The van der Waals surface area contributed by atoms with Crippen molar-refractivity contribution in [2.24, 2.45) is 0 Å². The maximum absolute atomic E-state index is 13.2. The molecule has 3 aromatic carbocycles. The van der Waals surface area contributed by atoms with Gasteiger partial charge in [0.25, 0.3) is 11.8 Å². The number of para-hydroxylation sites is 1. The number of nitriles is 1. The zero-order chi connectivity index (χ0) is 24.2. The standard InChI is InChI=1S/C26H18BrN3O4/c1-16-6-2-5-9-22(16)30-25(32)21(24(31)29-26(30)33)13-19-12-20(27)10-11-23(19)34-15-18-8-4-3-7-17(18)14-28/h2-13H,15H2,1H3,(H,29,31,33)/b21-13+. The Kier molecular flexibility index (Phi) is 6.57. The molecular weight excluding hydrogens is 498 g/mol. The number of amides is 4. The first kappa shape index (κ1) is 23.0. The Morgan fingerprint density at radius 3 is 2.56 bits per heavy atom. The van der Waals surface area contributed by atoms with Crippen molar-refractivity contribution < 1.29 is 19.1 Å². The van der Waals surface area contributed by atoms with Gasteiger partial charge in [-0.1, -0.05) is 52.3 Å². The lowest BCUT2D eigenvalue weighted by molar-refractivity contribution is -0.122. The molecule has 0 aliphatic carbocycles. The molecule has 1 saturated heterocycles. The summed E-state index contributed by atoms with van der Waals surface area (Å²) in [6.07, 6.45) is 1.39. The minimum absolute atomic E-state index is 0.121. The van der Waals surface area contributed by atoms with Crippen LogP contribution >= 0.6 is 15.9 Å². The zero-order valence-corrected chi connectivity index (χ0v) is 19.6. The van der Waals surface area contributed by atoms with E-state index in [1.165, 1.54) is 6.08 Å². The van der Waals surface area contributed by atoms with Crippen LogP contribution in [0.1, 0.15) is 22.3 Å². The summed E-state index contributed by atoms with van der Waals surface area (Å²) in [7, 11) is 0. The van der Waals surface area contributed by atoms with Crippen molar-refractivity contribution in [3.63, 3.8) is 0 Å². The molecule has 0 atom stereocenters. The number of carbonyl (C=O) groups excluding carboxylic acids is 3. The Hall–Kier alpha value is -4.22. The predicted octanol–water partition coefficient (Wildman–Crippen LogP) is 4.87. The van der Waals surface area contributed by atoms with E-state index in [1.54, 1.807) is 67.6 Å². The molecule has 168 valence electrons. The van der Waals surface area contributed by atoms with Crippen LogP contribution in [-0.2, 0) is 16.2 Å². The van der Waals surface area contributed by atoms with Crippen LogP contribution in [-0.4, -0.2) is 17.8 Å². The second-order valence-corrected chi connectivity index (χ2v) is 8.40. The number of nitrogens with one attached hydrogen (secondary N) is 1. The number of anilines is 1. The van der Waals surface area contributed by atoms with Gasteiger partial charge in [-0.15, -0.1) is 0 Å². The van der Waals surface area contributed by atoms with Crippen molar-refractivity contribution in [3.05, 3.63) is 99.0 Å². The van der Waals surface area contributed by atoms with Gasteiger partial charge in [0, 0.05) is 15.6 Å². The smallest absolute Gasteiger partial charge is 0.335 e. The first-order valence-corrected chi connectivity index (χ1v) is 11.1. The van der Waals surface area contributed by atoms with E-state index in [9.17, 15) is 19.6 Å². The molecule has 8 heteroatoms. The van der Waals surface area contributed by atoms with Gasteiger partial charge in [-0.2, -0.15) is 5.26 Å². The number of halogens is 1. The number of aryl methyl sites for hydroxylation is 1. The average molecular weight is 516 g/mol. The van der Waals surface area contributed by atoms with E-state index < -0.39 is 17.8 Å². The molecule has 34 heavy (non-hydrogen) atoms. The molecule has 7 nitrogen and oxygen atoms in total. The van der Waals surface area contributed by atoms with Crippen LogP contribution in [0, 0.1) is 18.3 Å². The Bertz CT molecular complexity index is 1390. The molecule has 0 unspecified atom stereocenters. The number of barbiturate groups is 1. The first-order chi connectivity index (χ1) is 16.4. The van der Waals surface area contributed by atoms with E-state index in [-0.39, 0.29) is 12.2 Å². The van der Waals surface area contributed by atoms with E-state index in [0.717, 1.165) is 4.90 Å². The molecule has 4 amide bonds. The van der Waals surface area contributed by atoms with Crippen LogP contribution < -0.4 is 15.0 Å².